The molecule has 0 saturated heterocycles. The van der Waals surface area contributed by atoms with E-state index in [1.54, 1.807) is 0 Å². The van der Waals surface area contributed by atoms with Crippen molar-refractivity contribution in [2.75, 3.05) is 0 Å². The molecule has 8 aromatic carbocycles. The highest BCUT2D eigenvalue weighted by atomic mass is 14.2. The molecule has 0 N–H and O–H groups in total. The average Bonchev–Trinajstić information content (AvgIpc) is 3.07. The summed E-state index contributed by atoms with van der Waals surface area (Å²) in [7, 11) is 0. The van der Waals surface area contributed by atoms with E-state index >= 15 is 0 Å². The highest BCUT2D eigenvalue weighted by Crippen LogP contribution is 2.45. The normalized spacial score (nSPS) is 12.9. The Morgan fingerprint density at radius 2 is 0.675 bits per heavy atom. The summed E-state index contributed by atoms with van der Waals surface area (Å²) in [4.78, 5) is 0. The second-order valence-electron chi connectivity index (χ2n) is 10.1. The fourth-order valence-corrected chi connectivity index (χ4v) is 6.15. The second-order valence-corrected chi connectivity index (χ2v) is 10.1. The quantitative estimate of drug-likeness (QED) is 0.207. The van der Waals surface area contributed by atoms with E-state index in [-0.39, 0.29) is 24.2 Å². The van der Waals surface area contributed by atoms with E-state index in [1.165, 1.54) is 0 Å². The van der Waals surface area contributed by atoms with Crippen molar-refractivity contribution >= 4 is 43.1 Å². The molecule has 0 aromatic heterocycles. The van der Waals surface area contributed by atoms with Crippen LogP contribution in [-0.4, -0.2) is 0 Å². The van der Waals surface area contributed by atoms with E-state index in [9.17, 15) is 5.48 Å². The minimum atomic E-state index is -0.0397. The molecular formula is C40H26. The summed E-state index contributed by atoms with van der Waals surface area (Å²) in [5, 5.41) is 8.01. The monoisotopic (exact) mass is 510 g/mol. The lowest BCUT2D eigenvalue weighted by Crippen LogP contribution is -1.91. The molecule has 0 radical (unpaired) electrons. The van der Waals surface area contributed by atoms with Gasteiger partial charge in [-0.3, -0.25) is 0 Å². The molecule has 8 aromatic rings. The molecule has 0 heterocycles. The van der Waals surface area contributed by atoms with Gasteiger partial charge in [-0.15, -0.1) is 0 Å². The number of hydrogen-bond acceptors (Lipinski definition) is 0. The van der Waals surface area contributed by atoms with Gasteiger partial charge in [-0.25, -0.2) is 0 Å². The molecule has 0 spiro atoms. The average molecular weight is 511 g/mol. The summed E-state index contributed by atoms with van der Waals surface area (Å²) in [5.41, 5.74) is 4.28. The topological polar surface area (TPSA) is 0 Å². The highest BCUT2D eigenvalue weighted by Gasteiger charge is 2.17. The van der Waals surface area contributed by atoms with Crippen molar-refractivity contribution in [3.63, 3.8) is 0 Å². The molecule has 8 rings (SSSR count). The first-order valence-electron chi connectivity index (χ1n) is 15.5. The van der Waals surface area contributed by atoms with E-state index in [4.69, 9.17) is 0 Å². The predicted octanol–water partition coefficient (Wildman–Crippen LogP) is 11.3. The Morgan fingerprint density at radius 1 is 0.300 bits per heavy atom. The molecule has 0 aliphatic rings. The van der Waals surface area contributed by atoms with Crippen LogP contribution >= 0.6 is 0 Å². The molecule has 0 nitrogen and oxygen atoms in total. The molecule has 0 heteroatoms. The zero-order valence-electron chi connectivity index (χ0n) is 25.7. The Hall–Kier alpha value is -5.20. The van der Waals surface area contributed by atoms with Crippen LogP contribution in [0, 0.1) is 0 Å². The number of hydrogen-bond donors (Lipinski definition) is 0. The van der Waals surface area contributed by atoms with Crippen LogP contribution in [0.5, 0.6) is 0 Å². The van der Waals surface area contributed by atoms with Gasteiger partial charge in [0, 0.05) is 0 Å². The van der Waals surface area contributed by atoms with Gasteiger partial charge in [0.25, 0.3) is 0 Å². The molecule has 0 unspecified atom stereocenters. The van der Waals surface area contributed by atoms with Gasteiger partial charge >= 0.3 is 0 Å². The molecule has 0 aliphatic carbocycles. The van der Waals surface area contributed by atoms with Crippen molar-refractivity contribution < 1.29 is 5.48 Å². The maximum absolute atomic E-state index is 9.35. The predicted molar refractivity (Wildman–Crippen MR) is 173 cm³/mol. The summed E-state index contributed by atoms with van der Waals surface area (Å²) in [6, 6.07) is 44.5. The SMILES string of the molecule is [2H]c1c([2H])c(-c2c3ccccc3c(-c3cccc4ccccc34)c3ccccc23)c([2H])c([2H])c1-c1cccc2ccccc12. The smallest absolute Gasteiger partial charge is 0.0616 e. The fraction of sp³-hybridized carbons (Fsp3) is 0. The summed E-state index contributed by atoms with van der Waals surface area (Å²) >= 11 is 0. The third-order valence-corrected chi connectivity index (χ3v) is 7.92. The molecular weight excluding hydrogens is 480 g/mol. The zero-order chi connectivity index (χ0) is 29.9. The maximum atomic E-state index is 9.35. The maximum Gasteiger partial charge on any atom is 0.0629 e. The Kier molecular flexibility index (Phi) is 4.37. The van der Waals surface area contributed by atoms with Crippen LogP contribution in [-0.2, 0) is 0 Å². The van der Waals surface area contributed by atoms with Crippen LogP contribution in [0.2, 0.25) is 0 Å². The van der Waals surface area contributed by atoms with Crippen molar-refractivity contribution in [1.29, 1.82) is 0 Å². The molecule has 0 aliphatic heterocycles. The largest absolute Gasteiger partial charge is 0.0629 e. The number of rotatable bonds is 3. The van der Waals surface area contributed by atoms with E-state index < -0.39 is 0 Å². The third kappa shape index (κ3) is 3.54. The molecule has 186 valence electrons. The minimum Gasteiger partial charge on any atom is -0.0616 e. The van der Waals surface area contributed by atoms with Crippen molar-refractivity contribution in [1.82, 2.24) is 0 Å². The molecule has 0 amide bonds. The van der Waals surface area contributed by atoms with Gasteiger partial charge < -0.3 is 0 Å². The van der Waals surface area contributed by atoms with Gasteiger partial charge in [-0.2, -0.15) is 0 Å². The van der Waals surface area contributed by atoms with Crippen LogP contribution in [0.15, 0.2) is 158 Å². The van der Waals surface area contributed by atoms with E-state index in [0.717, 1.165) is 59.8 Å². The van der Waals surface area contributed by atoms with E-state index in [0.29, 0.717) is 16.7 Å². The molecule has 0 fully saturated rings. The Bertz CT molecular complexity index is 2340. The summed E-state index contributed by atoms with van der Waals surface area (Å²) in [6.45, 7) is 0. The molecule has 0 saturated carbocycles. The molecule has 40 heavy (non-hydrogen) atoms. The minimum absolute atomic E-state index is 0.0383. The van der Waals surface area contributed by atoms with Crippen LogP contribution in [0.1, 0.15) is 5.48 Å². The van der Waals surface area contributed by atoms with Crippen LogP contribution in [0.4, 0.5) is 0 Å². The summed E-state index contributed by atoms with van der Waals surface area (Å²) in [6.07, 6.45) is 0. The third-order valence-electron chi connectivity index (χ3n) is 7.92. The van der Waals surface area contributed by atoms with Crippen molar-refractivity contribution in [3.05, 3.63) is 158 Å². The van der Waals surface area contributed by atoms with E-state index in [2.05, 4.69) is 54.6 Å². The van der Waals surface area contributed by atoms with Crippen molar-refractivity contribution in [2.24, 2.45) is 0 Å². The second kappa shape index (κ2) is 9.22. The fourth-order valence-electron chi connectivity index (χ4n) is 6.15. The van der Waals surface area contributed by atoms with Gasteiger partial charge in [0.1, 0.15) is 0 Å². The van der Waals surface area contributed by atoms with Gasteiger partial charge in [0.15, 0.2) is 0 Å². The molecule has 0 atom stereocenters. The van der Waals surface area contributed by atoms with Crippen molar-refractivity contribution in [3.8, 4) is 33.4 Å². The standard InChI is InChI=1S/C40H26/c1-3-15-31-27(11-1)13-9-21-32(31)29-23-25-30(26-24-29)39-35-17-5-7-19-37(35)40(38-20-8-6-18-36(38)39)34-22-10-14-28-12-2-4-16-33(28)34/h1-26H/i23D,24D,25D,26D. The summed E-state index contributed by atoms with van der Waals surface area (Å²) in [5.74, 6) is 0. The van der Waals surface area contributed by atoms with Crippen molar-refractivity contribution in [2.45, 2.75) is 0 Å². The van der Waals surface area contributed by atoms with E-state index in [1.807, 2.05) is 78.9 Å². The number of benzene rings is 8. The lowest BCUT2D eigenvalue weighted by Gasteiger charge is -2.19. The number of fused-ring (bicyclic) bond motifs is 4. The lowest BCUT2D eigenvalue weighted by molar-refractivity contribution is 1.63. The lowest BCUT2D eigenvalue weighted by atomic mass is 9.84. The van der Waals surface area contributed by atoms with Gasteiger partial charge in [-0.05, 0) is 76.5 Å². The Morgan fingerprint density at radius 3 is 1.23 bits per heavy atom. The Balaban J connectivity index is 1.49. The van der Waals surface area contributed by atoms with Gasteiger partial charge in [0.05, 0.1) is 5.48 Å². The van der Waals surface area contributed by atoms with Gasteiger partial charge in [-0.1, -0.05) is 158 Å². The Labute approximate surface area is 239 Å². The van der Waals surface area contributed by atoms with Crippen LogP contribution < -0.4 is 0 Å². The van der Waals surface area contributed by atoms with Gasteiger partial charge in [0.2, 0.25) is 0 Å². The van der Waals surface area contributed by atoms with Crippen LogP contribution in [0.3, 0.4) is 0 Å². The highest BCUT2D eigenvalue weighted by molar-refractivity contribution is 6.23. The first-order valence-corrected chi connectivity index (χ1v) is 13.5. The zero-order valence-corrected chi connectivity index (χ0v) is 21.7. The first-order chi connectivity index (χ1) is 21.5. The summed E-state index contributed by atoms with van der Waals surface area (Å²) < 4.78 is 37.2. The first kappa shape index (κ1) is 19.0. The van der Waals surface area contributed by atoms with Crippen LogP contribution in [0.25, 0.3) is 76.5 Å². The molecule has 0 bridgehead atoms.